The zero-order valence-corrected chi connectivity index (χ0v) is 15.0. The molecular formula is C20H30N2O3. The first-order valence-electron chi connectivity index (χ1n) is 9.72. The molecule has 1 aromatic rings. The highest BCUT2D eigenvalue weighted by atomic mass is 16.7. The van der Waals surface area contributed by atoms with Gasteiger partial charge in [0, 0.05) is 44.6 Å². The van der Waals surface area contributed by atoms with Gasteiger partial charge in [-0.2, -0.15) is 0 Å². The second kappa shape index (κ2) is 8.14. The fourth-order valence-corrected chi connectivity index (χ4v) is 4.28. The first kappa shape index (κ1) is 17.4. The van der Waals surface area contributed by atoms with E-state index in [0.29, 0.717) is 12.1 Å². The summed E-state index contributed by atoms with van der Waals surface area (Å²) >= 11 is 0. The summed E-state index contributed by atoms with van der Waals surface area (Å²) < 4.78 is 17.2. The Bertz CT molecular complexity index is 517. The Hall–Kier alpha value is -0.980. The molecule has 138 valence electrons. The van der Waals surface area contributed by atoms with E-state index in [1.165, 1.54) is 5.56 Å². The predicted octanol–water partition coefficient (Wildman–Crippen LogP) is 2.34. The smallest absolute Gasteiger partial charge is 0.168 e. The quantitative estimate of drug-likeness (QED) is 0.886. The van der Waals surface area contributed by atoms with Crippen LogP contribution in [0.15, 0.2) is 30.3 Å². The summed E-state index contributed by atoms with van der Waals surface area (Å²) in [6.45, 7) is 6.30. The van der Waals surface area contributed by atoms with Gasteiger partial charge in [-0.1, -0.05) is 30.3 Å². The van der Waals surface area contributed by atoms with Gasteiger partial charge in [-0.3, -0.25) is 4.90 Å². The maximum Gasteiger partial charge on any atom is 0.168 e. The molecule has 1 aromatic carbocycles. The lowest BCUT2D eigenvalue weighted by molar-refractivity contribution is -0.179. The van der Waals surface area contributed by atoms with Crippen molar-refractivity contribution in [1.29, 1.82) is 0 Å². The Balaban J connectivity index is 1.38. The lowest BCUT2D eigenvalue weighted by Gasteiger charge is -2.38. The van der Waals surface area contributed by atoms with Crippen LogP contribution in [0.25, 0.3) is 0 Å². The van der Waals surface area contributed by atoms with Crippen LogP contribution in [0.2, 0.25) is 0 Å². The van der Waals surface area contributed by atoms with Crippen molar-refractivity contribution >= 4 is 0 Å². The molecule has 0 unspecified atom stereocenters. The molecule has 2 heterocycles. The van der Waals surface area contributed by atoms with Gasteiger partial charge in [0.05, 0.1) is 26.4 Å². The van der Waals surface area contributed by atoms with E-state index in [1.54, 1.807) is 0 Å². The molecule has 1 aliphatic carbocycles. The van der Waals surface area contributed by atoms with Crippen molar-refractivity contribution in [3.05, 3.63) is 35.9 Å². The van der Waals surface area contributed by atoms with Crippen LogP contribution in [-0.2, 0) is 14.2 Å². The normalized spacial score (nSPS) is 26.1. The largest absolute Gasteiger partial charge is 0.379 e. The van der Waals surface area contributed by atoms with Gasteiger partial charge in [-0.05, 0) is 18.4 Å². The lowest BCUT2D eigenvalue weighted by Crippen LogP contribution is -2.47. The molecule has 0 aromatic heterocycles. The minimum Gasteiger partial charge on any atom is -0.379 e. The molecule has 3 fully saturated rings. The van der Waals surface area contributed by atoms with Gasteiger partial charge in [0.15, 0.2) is 5.79 Å². The van der Waals surface area contributed by atoms with Crippen LogP contribution in [0.4, 0.5) is 0 Å². The van der Waals surface area contributed by atoms with Crippen molar-refractivity contribution in [2.75, 3.05) is 46.1 Å². The zero-order chi connectivity index (χ0) is 17.0. The third-order valence-electron chi connectivity index (χ3n) is 5.74. The van der Waals surface area contributed by atoms with E-state index in [9.17, 15) is 0 Å². The highest BCUT2D eigenvalue weighted by Crippen LogP contribution is 2.36. The van der Waals surface area contributed by atoms with Crippen LogP contribution in [0.1, 0.15) is 37.3 Å². The summed E-state index contributed by atoms with van der Waals surface area (Å²) in [6, 6.07) is 11.7. The van der Waals surface area contributed by atoms with Gasteiger partial charge in [-0.15, -0.1) is 0 Å². The molecule has 1 N–H and O–H groups in total. The van der Waals surface area contributed by atoms with Gasteiger partial charge < -0.3 is 19.5 Å². The highest BCUT2D eigenvalue weighted by molar-refractivity contribution is 5.19. The van der Waals surface area contributed by atoms with Crippen molar-refractivity contribution in [2.24, 2.45) is 0 Å². The number of nitrogens with zero attached hydrogens (tertiary/aromatic N) is 1. The predicted molar refractivity (Wildman–Crippen MR) is 96.5 cm³/mol. The number of morpholine rings is 1. The number of rotatable bonds is 5. The van der Waals surface area contributed by atoms with E-state index >= 15 is 0 Å². The molecular weight excluding hydrogens is 316 g/mol. The van der Waals surface area contributed by atoms with Crippen LogP contribution >= 0.6 is 0 Å². The van der Waals surface area contributed by atoms with E-state index < -0.39 is 0 Å². The molecule has 1 saturated carbocycles. The second-order valence-corrected chi connectivity index (χ2v) is 7.42. The fourth-order valence-electron chi connectivity index (χ4n) is 4.28. The summed E-state index contributed by atoms with van der Waals surface area (Å²) in [5, 5.41) is 3.93. The first-order valence-corrected chi connectivity index (χ1v) is 9.72. The molecule has 1 atom stereocenters. The molecule has 0 radical (unpaired) electrons. The molecule has 3 aliphatic rings. The summed E-state index contributed by atoms with van der Waals surface area (Å²) in [4.78, 5) is 2.52. The molecule has 25 heavy (non-hydrogen) atoms. The van der Waals surface area contributed by atoms with Crippen LogP contribution < -0.4 is 5.32 Å². The molecule has 2 aliphatic heterocycles. The third kappa shape index (κ3) is 4.41. The summed E-state index contributed by atoms with van der Waals surface area (Å²) in [6.07, 6.45) is 4.24. The number of nitrogens with one attached hydrogen (secondary N) is 1. The van der Waals surface area contributed by atoms with Crippen LogP contribution in [0.3, 0.4) is 0 Å². The minimum absolute atomic E-state index is 0.273. The first-order chi connectivity index (χ1) is 12.3. The van der Waals surface area contributed by atoms with Crippen LogP contribution in [-0.4, -0.2) is 62.8 Å². The maximum atomic E-state index is 5.87. The topological polar surface area (TPSA) is 43.0 Å². The average Bonchev–Trinajstić information content (AvgIpc) is 3.13. The summed E-state index contributed by atoms with van der Waals surface area (Å²) in [7, 11) is 0. The van der Waals surface area contributed by atoms with Gasteiger partial charge in [0.2, 0.25) is 0 Å². The Kier molecular flexibility index (Phi) is 5.68. The monoisotopic (exact) mass is 346 g/mol. The van der Waals surface area contributed by atoms with Gasteiger partial charge in [0.1, 0.15) is 0 Å². The maximum absolute atomic E-state index is 5.87. The molecule has 1 spiro atoms. The van der Waals surface area contributed by atoms with Gasteiger partial charge >= 0.3 is 0 Å². The highest BCUT2D eigenvalue weighted by Gasteiger charge is 2.40. The SMILES string of the molecule is c1ccc([C@@H](CN2CCOCC2)NC2CCC3(CC2)OCCO3)cc1. The Morgan fingerprint density at radius 2 is 1.68 bits per heavy atom. The van der Waals surface area contributed by atoms with E-state index in [1.807, 2.05) is 0 Å². The summed E-state index contributed by atoms with van der Waals surface area (Å²) in [5.41, 5.74) is 1.38. The van der Waals surface area contributed by atoms with E-state index in [4.69, 9.17) is 14.2 Å². The van der Waals surface area contributed by atoms with Crippen molar-refractivity contribution in [3.8, 4) is 0 Å². The number of hydrogen-bond donors (Lipinski definition) is 1. The van der Waals surface area contributed by atoms with E-state index in [-0.39, 0.29) is 5.79 Å². The Morgan fingerprint density at radius 1 is 1.00 bits per heavy atom. The van der Waals surface area contributed by atoms with Crippen LogP contribution in [0, 0.1) is 0 Å². The Morgan fingerprint density at radius 3 is 2.36 bits per heavy atom. The molecule has 0 amide bonds. The molecule has 5 heteroatoms. The summed E-state index contributed by atoms with van der Waals surface area (Å²) in [5.74, 6) is -0.273. The zero-order valence-electron chi connectivity index (χ0n) is 15.0. The average molecular weight is 346 g/mol. The van der Waals surface area contributed by atoms with E-state index in [0.717, 1.165) is 71.7 Å². The fraction of sp³-hybridized carbons (Fsp3) is 0.700. The Labute approximate surface area is 150 Å². The van der Waals surface area contributed by atoms with E-state index in [2.05, 4.69) is 40.5 Å². The molecule has 2 saturated heterocycles. The van der Waals surface area contributed by atoms with Gasteiger partial charge in [-0.25, -0.2) is 0 Å². The van der Waals surface area contributed by atoms with Crippen molar-refractivity contribution in [3.63, 3.8) is 0 Å². The molecule has 4 rings (SSSR count). The molecule has 5 nitrogen and oxygen atoms in total. The van der Waals surface area contributed by atoms with Crippen molar-refractivity contribution in [2.45, 2.75) is 43.6 Å². The lowest BCUT2D eigenvalue weighted by atomic mass is 9.89. The number of ether oxygens (including phenoxy) is 3. The van der Waals surface area contributed by atoms with Crippen molar-refractivity contribution < 1.29 is 14.2 Å². The standard InChI is InChI=1S/C20H30N2O3/c1-2-4-17(5-3-1)19(16-22-10-12-23-13-11-22)21-18-6-8-20(9-7-18)24-14-15-25-20/h1-5,18-19,21H,6-16H2/t19-/m1/s1. The molecule has 0 bridgehead atoms. The third-order valence-corrected chi connectivity index (χ3v) is 5.74. The van der Waals surface area contributed by atoms with Crippen molar-refractivity contribution in [1.82, 2.24) is 10.2 Å². The number of hydrogen-bond acceptors (Lipinski definition) is 5. The van der Waals surface area contributed by atoms with Gasteiger partial charge in [0.25, 0.3) is 0 Å². The number of benzene rings is 1. The van der Waals surface area contributed by atoms with Crippen LogP contribution in [0.5, 0.6) is 0 Å². The second-order valence-electron chi connectivity index (χ2n) is 7.42. The minimum atomic E-state index is -0.273.